The van der Waals surface area contributed by atoms with Gasteiger partial charge in [0.15, 0.2) is 0 Å². The first-order chi connectivity index (χ1) is 6.38. The molecule has 0 aromatic carbocycles. The Labute approximate surface area is 110 Å². The molecular weight excluding hydrogens is 249 g/mol. The Morgan fingerprint density at radius 1 is 1.29 bits per heavy atom. The summed E-state index contributed by atoms with van der Waals surface area (Å²) in [4.78, 5) is 7.98. The van der Waals surface area contributed by atoms with Crippen LogP contribution in [-0.4, -0.2) is 9.97 Å². The van der Waals surface area contributed by atoms with Crippen molar-refractivity contribution in [3.63, 3.8) is 0 Å². The molecule has 2 rings (SSSR count). The van der Waals surface area contributed by atoms with Gasteiger partial charge in [-0.2, -0.15) is 26.0 Å². The quantitative estimate of drug-likeness (QED) is 0.681. The molecule has 71 valence electrons. The Balaban J connectivity index is 0.000000381. The van der Waals surface area contributed by atoms with Gasteiger partial charge < -0.3 is 16.4 Å². The molecule has 0 saturated carbocycles. The zero-order chi connectivity index (χ0) is 9.52. The van der Waals surface area contributed by atoms with Crippen molar-refractivity contribution in [2.24, 2.45) is 0 Å². The molecule has 3 heteroatoms. The number of pyridine rings is 2. The van der Waals surface area contributed by atoms with Crippen LogP contribution in [0.1, 0.15) is 13.8 Å². The molecule has 14 heavy (non-hydrogen) atoms. The van der Waals surface area contributed by atoms with Gasteiger partial charge in [-0.3, -0.25) is 0 Å². The fourth-order valence-electron chi connectivity index (χ4n) is 0.858. The van der Waals surface area contributed by atoms with Gasteiger partial charge in [0, 0.05) is 44.6 Å². The molecule has 0 aliphatic heterocycles. The maximum absolute atomic E-state index is 4.04. The van der Waals surface area contributed by atoms with Crippen LogP contribution in [0.4, 0.5) is 0 Å². The Bertz CT molecular complexity index is 297. The molecule has 0 aliphatic rings. The molecule has 0 unspecified atom stereocenters. The maximum Gasteiger partial charge on any atom is 0.0450 e. The van der Waals surface area contributed by atoms with E-state index < -0.39 is 0 Å². The minimum absolute atomic E-state index is 0. The van der Waals surface area contributed by atoms with Crippen LogP contribution in [0.15, 0.2) is 30.5 Å². The van der Waals surface area contributed by atoms with E-state index in [1.54, 1.807) is 12.3 Å². The van der Waals surface area contributed by atoms with Crippen LogP contribution in [0.25, 0.3) is 11.0 Å². The normalized spacial score (nSPS) is 8.43. The summed E-state index contributed by atoms with van der Waals surface area (Å²) in [5.41, 5.74) is 0.755. The standard InChI is InChI=1S/C8H5N2.C3H7.Y/c1-3-7-4-2-6-10-8(7)9-5-1;1-3-2;/h1-5H;3H,1-2H3;/q2*-1;. The Morgan fingerprint density at radius 3 is 2.64 bits per heavy atom. The van der Waals surface area contributed by atoms with E-state index in [9.17, 15) is 0 Å². The number of hydrogen-bond donors (Lipinski definition) is 0. The molecule has 0 spiro atoms. The van der Waals surface area contributed by atoms with Gasteiger partial charge in [-0.25, -0.2) is 0 Å². The van der Waals surface area contributed by atoms with Gasteiger partial charge in [0.25, 0.3) is 0 Å². The van der Waals surface area contributed by atoms with E-state index in [0.717, 1.165) is 11.0 Å². The number of nitrogens with zero attached hydrogens (tertiary/aromatic N) is 2. The summed E-state index contributed by atoms with van der Waals surface area (Å²) in [6.07, 6.45) is 6.45. The monoisotopic (exact) mass is 261 g/mol. The zero-order valence-electron chi connectivity index (χ0n) is 8.44. The molecule has 0 aliphatic carbocycles. The number of hydrogen-bond acceptors (Lipinski definition) is 2. The third kappa shape index (κ3) is 4.25. The summed E-state index contributed by atoms with van der Waals surface area (Å²) in [5, 5.41) is 1.06. The van der Waals surface area contributed by atoms with Crippen molar-refractivity contribution in [3.8, 4) is 0 Å². The van der Waals surface area contributed by atoms with Gasteiger partial charge in [-0.15, -0.1) is 0 Å². The maximum atomic E-state index is 4.04. The Hall–Kier alpha value is -0.336. The van der Waals surface area contributed by atoms with Gasteiger partial charge in [-0.05, 0) is 6.07 Å². The molecule has 0 amide bonds. The number of aromatic nitrogens is 2. The second-order valence-corrected chi connectivity index (χ2v) is 2.57. The largest absolute Gasteiger partial charge is 0.369 e. The van der Waals surface area contributed by atoms with E-state index in [1.807, 2.05) is 38.5 Å². The molecule has 0 N–H and O–H groups in total. The Kier molecular flexibility index (Phi) is 7.82. The third-order valence-corrected chi connectivity index (χ3v) is 1.32. The van der Waals surface area contributed by atoms with E-state index in [-0.39, 0.29) is 32.7 Å². The van der Waals surface area contributed by atoms with E-state index in [1.165, 1.54) is 0 Å². The summed E-state index contributed by atoms with van der Waals surface area (Å²) >= 11 is 0. The topological polar surface area (TPSA) is 25.8 Å². The summed E-state index contributed by atoms with van der Waals surface area (Å²) < 4.78 is 0. The van der Waals surface area contributed by atoms with Crippen LogP contribution >= 0.6 is 0 Å². The van der Waals surface area contributed by atoms with Crippen LogP contribution in [0.3, 0.4) is 0 Å². The molecule has 0 bridgehead atoms. The minimum atomic E-state index is 0. The molecule has 0 fully saturated rings. The molecule has 2 aromatic rings. The van der Waals surface area contributed by atoms with E-state index in [4.69, 9.17) is 0 Å². The van der Waals surface area contributed by atoms with Crippen molar-refractivity contribution in [1.82, 2.24) is 9.97 Å². The van der Waals surface area contributed by atoms with Crippen LogP contribution in [-0.2, 0) is 32.7 Å². The number of fused-ring (bicyclic) bond motifs is 1. The molecule has 0 atom stereocenters. The van der Waals surface area contributed by atoms with Crippen LogP contribution in [0.2, 0.25) is 0 Å². The van der Waals surface area contributed by atoms with Gasteiger partial charge in [-0.1, -0.05) is 17.6 Å². The van der Waals surface area contributed by atoms with E-state index in [2.05, 4.69) is 16.2 Å². The Morgan fingerprint density at radius 2 is 2.00 bits per heavy atom. The summed E-state index contributed by atoms with van der Waals surface area (Å²) in [7, 11) is 0. The zero-order valence-corrected chi connectivity index (χ0v) is 11.3. The van der Waals surface area contributed by atoms with Gasteiger partial charge in [0.05, 0.1) is 0 Å². The van der Waals surface area contributed by atoms with Crippen molar-refractivity contribution in [1.29, 1.82) is 0 Å². The molecule has 1 radical (unpaired) electrons. The van der Waals surface area contributed by atoms with Crippen molar-refractivity contribution >= 4 is 11.0 Å². The van der Waals surface area contributed by atoms with Gasteiger partial charge in [0.1, 0.15) is 0 Å². The minimum Gasteiger partial charge on any atom is -0.369 e. The first kappa shape index (κ1) is 13.7. The second kappa shape index (κ2) is 8.01. The summed E-state index contributed by atoms with van der Waals surface area (Å²) in [6.45, 7) is 4.00. The first-order valence-electron chi connectivity index (χ1n) is 4.20. The van der Waals surface area contributed by atoms with Gasteiger partial charge in [0.2, 0.25) is 0 Å². The number of rotatable bonds is 0. The van der Waals surface area contributed by atoms with Crippen molar-refractivity contribution in [2.75, 3.05) is 0 Å². The SMILES string of the molecule is C[CH-]C.[Y].[c-]1ccc2cccnc2n1. The van der Waals surface area contributed by atoms with E-state index >= 15 is 0 Å². The average Bonchev–Trinajstić information content (AvgIpc) is 2.19. The van der Waals surface area contributed by atoms with Crippen molar-refractivity contribution < 1.29 is 32.7 Å². The average molecular weight is 261 g/mol. The second-order valence-electron chi connectivity index (χ2n) is 2.57. The smallest absolute Gasteiger partial charge is 0.0450 e. The van der Waals surface area contributed by atoms with Crippen molar-refractivity contribution in [3.05, 3.63) is 43.1 Å². The van der Waals surface area contributed by atoms with Gasteiger partial charge >= 0.3 is 0 Å². The van der Waals surface area contributed by atoms with Crippen LogP contribution in [0.5, 0.6) is 0 Å². The third-order valence-electron chi connectivity index (χ3n) is 1.32. The predicted octanol–water partition coefficient (Wildman–Crippen LogP) is 2.66. The van der Waals surface area contributed by atoms with E-state index in [0.29, 0.717) is 0 Å². The molecule has 2 aromatic heterocycles. The fraction of sp³-hybridized carbons (Fsp3) is 0.182. The predicted molar refractivity (Wildman–Crippen MR) is 54.0 cm³/mol. The van der Waals surface area contributed by atoms with Crippen molar-refractivity contribution in [2.45, 2.75) is 13.8 Å². The molecule has 0 saturated heterocycles. The molecule has 2 heterocycles. The first-order valence-corrected chi connectivity index (χ1v) is 4.20. The molecular formula is C11H12N2Y-2. The summed E-state index contributed by atoms with van der Waals surface area (Å²) in [6, 6.07) is 7.59. The summed E-state index contributed by atoms with van der Waals surface area (Å²) in [5.74, 6) is 0. The molecule has 2 nitrogen and oxygen atoms in total. The van der Waals surface area contributed by atoms with Crippen LogP contribution in [0, 0.1) is 12.6 Å². The fourth-order valence-corrected chi connectivity index (χ4v) is 0.858. The van der Waals surface area contributed by atoms with Crippen LogP contribution < -0.4 is 0 Å².